The number of carbonyl (C=O) groups excluding carboxylic acids is 1. The molecule has 0 saturated carbocycles. The Kier molecular flexibility index (Phi) is 5.94. The van der Waals surface area contributed by atoms with E-state index in [2.05, 4.69) is 15.7 Å². The third kappa shape index (κ3) is 4.58. The second-order valence-electron chi connectivity index (χ2n) is 5.81. The number of nitrogens with one attached hydrogen (secondary N) is 2. The van der Waals surface area contributed by atoms with Crippen LogP contribution in [-0.4, -0.2) is 30.0 Å². The number of methoxy groups -OCH3 is 2. The first-order chi connectivity index (χ1) is 13.2. The molecule has 0 unspecified atom stereocenters. The van der Waals surface area contributed by atoms with E-state index in [1.54, 1.807) is 25.1 Å². The molecule has 0 aliphatic heterocycles. The van der Waals surface area contributed by atoms with E-state index in [-0.39, 0.29) is 6.03 Å². The van der Waals surface area contributed by atoms with E-state index in [4.69, 9.17) is 9.47 Å². The van der Waals surface area contributed by atoms with Crippen LogP contribution in [0.25, 0.3) is 5.69 Å². The highest BCUT2D eigenvalue weighted by atomic mass is 16.5. The molecule has 2 aromatic carbocycles. The number of para-hydroxylation sites is 1. The van der Waals surface area contributed by atoms with Crippen molar-refractivity contribution in [3.63, 3.8) is 0 Å². The number of nitrogens with zero attached hydrogens (tertiary/aromatic N) is 2. The third-order valence-corrected chi connectivity index (χ3v) is 4.08. The zero-order valence-electron chi connectivity index (χ0n) is 15.3. The van der Waals surface area contributed by atoms with Crippen LogP contribution >= 0.6 is 0 Å². The average Bonchev–Trinajstić information content (AvgIpc) is 3.25. The molecule has 0 bridgehead atoms. The number of amides is 2. The van der Waals surface area contributed by atoms with Gasteiger partial charge in [-0.15, -0.1) is 0 Å². The van der Waals surface area contributed by atoms with Gasteiger partial charge in [0, 0.05) is 31.0 Å². The summed E-state index contributed by atoms with van der Waals surface area (Å²) in [7, 11) is 3.16. The first-order valence-electron chi connectivity index (χ1n) is 8.52. The zero-order chi connectivity index (χ0) is 19.1. The molecule has 0 atom stereocenters. The molecule has 1 aromatic heterocycles. The third-order valence-electron chi connectivity index (χ3n) is 4.08. The van der Waals surface area contributed by atoms with Gasteiger partial charge in [0.1, 0.15) is 0 Å². The fourth-order valence-corrected chi connectivity index (χ4v) is 2.70. The predicted octanol–water partition coefficient (Wildman–Crippen LogP) is 2.89. The molecule has 0 radical (unpaired) electrons. The Morgan fingerprint density at radius 2 is 1.78 bits per heavy atom. The van der Waals surface area contributed by atoms with Gasteiger partial charge in [-0.1, -0.05) is 24.3 Å². The smallest absolute Gasteiger partial charge is 0.315 e. The standard InChI is InChI=1S/C20H22N4O3/c1-26-18-6-3-5-16(19(18)27-2)14-22-20(25)21-13-15-7-9-17(10-8-15)24-12-4-11-23-24/h3-12H,13-14H2,1-2H3,(H2,21,22,25). The van der Waals surface area contributed by atoms with E-state index >= 15 is 0 Å². The molecule has 1 heterocycles. The van der Waals surface area contributed by atoms with Gasteiger partial charge in [-0.3, -0.25) is 0 Å². The van der Waals surface area contributed by atoms with E-state index in [1.165, 1.54) is 0 Å². The maximum absolute atomic E-state index is 12.1. The van der Waals surface area contributed by atoms with Crippen LogP contribution in [0.3, 0.4) is 0 Å². The highest BCUT2D eigenvalue weighted by Crippen LogP contribution is 2.30. The Bertz CT molecular complexity index is 877. The van der Waals surface area contributed by atoms with Gasteiger partial charge in [-0.2, -0.15) is 5.10 Å². The predicted molar refractivity (Wildman–Crippen MR) is 102 cm³/mol. The van der Waals surface area contributed by atoms with Crippen LogP contribution in [-0.2, 0) is 13.1 Å². The summed E-state index contributed by atoms with van der Waals surface area (Å²) in [6, 6.07) is 15.0. The molecular formula is C20H22N4O3. The molecule has 7 nitrogen and oxygen atoms in total. The molecule has 0 spiro atoms. The van der Waals surface area contributed by atoms with Crippen molar-refractivity contribution in [1.82, 2.24) is 20.4 Å². The first kappa shape index (κ1) is 18.3. The van der Waals surface area contributed by atoms with Gasteiger partial charge in [0.05, 0.1) is 19.9 Å². The van der Waals surface area contributed by atoms with Crippen molar-refractivity contribution in [3.05, 3.63) is 72.1 Å². The van der Waals surface area contributed by atoms with Crippen molar-refractivity contribution in [1.29, 1.82) is 0 Å². The summed E-state index contributed by atoms with van der Waals surface area (Å²) >= 11 is 0. The Hall–Kier alpha value is -3.48. The lowest BCUT2D eigenvalue weighted by Crippen LogP contribution is -2.34. The maximum Gasteiger partial charge on any atom is 0.315 e. The number of hydrogen-bond acceptors (Lipinski definition) is 4. The molecule has 140 valence electrons. The van der Waals surface area contributed by atoms with Crippen LogP contribution in [0.15, 0.2) is 60.9 Å². The largest absolute Gasteiger partial charge is 0.493 e. The van der Waals surface area contributed by atoms with Gasteiger partial charge in [-0.25, -0.2) is 9.48 Å². The second-order valence-corrected chi connectivity index (χ2v) is 5.81. The highest BCUT2D eigenvalue weighted by Gasteiger charge is 2.10. The van der Waals surface area contributed by atoms with Crippen LogP contribution in [0.2, 0.25) is 0 Å². The summed E-state index contributed by atoms with van der Waals surface area (Å²) in [6.07, 6.45) is 3.62. The normalized spacial score (nSPS) is 10.3. The van der Waals surface area contributed by atoms with Crippen molar-refractivity contribution >= 4 is 6.03 Å². The zero-order valence-corrected chi connectivity index (χ0v) is 15.3. The number of benzene rings is 2. The lowest BCUT2D eigenvalue weighted by atomic mass is 10.2. The minimum atomic E-state index is -0.254. The van der Waals surface area contributed by atoms with Crippen molar-refractivity contribution in [2.75, 3.05) is 14.2 Å². The fraction of sp³-hybridized carbons (Fsp3) is 0.200. The molecule has 0 aliphatic carbocycles. The van der Waals surface area contributed by atoms with E-state index in [0.717, 1.165) is 16.8 Å². The van der Waals surface area contributed by atoms with Crippen molar-refractivity contribution in [3.8, 4) is 17.2 Å². The summed E-state index contributed by atoms with van der Waals surface area (Å²) in [5.74, 6) is 1.25. The molecule has 7 heteroatoms. The topological polar surface area (TPSA) is 77.4 Å². The molecule has 0 fully saturated rings. The number of hydrogen-bond donors (Lipinski definition) is 2. The van der Waals surface area contributed by atoms with Crippen LogP contribution in [0.4, 0.5) is 4.79 Å². The Morgan fingerprint density at radius 1 is 1.00 bits per heavy atom. The molecule has 0 saturated heterocycles. The Morgan fingerprint density at radius 3 is 2.44 bits per heavy atom. The van der Waals surface area contributed by atoms with Crippen molar-refractivity contribution in [2.45, 2.75) is 13.1 Å². The van der Waals surface area contributed by atoms with Gasteiger partial charge >= 0.3 is 6.03 Å². The van der Waals surface area contributed by atoms with Gasteiger partial charge < -0.3 is 20.1 Å². The van der Waals surface area contributed by atoms with Gasteiger partial charge in [-0.05, 0) is 29.8 Å². The number of urea groups is 1. The molecule has 0 aliphatic rings. The highest BCUT2D eigenvalue weighted by molar-refractivity contribution is 5.74. The molecule has 2 N–H and O–H groups in total. The monoisotopic (exact) mass is 366 g/mol. The van der Waals surface area contributed by atoms with Crippen molar-refractivity contribution < 1.29 is 14.3 Å². The van der Waals surface area contributed by atoms with Gasteiger partial charge in [0.2, 0.25) is 0 Å². The van der Waals surface area contributed by atoms with Crippen LogP contribution in [0.1, 0.15) is 11.1 Å². The van der Waals surface area contributed by atoms with Gasteiger partial charge in [0.25, 0.3) is 0 Å². The van der Waals surface area contributed by atoms with Crippen molar-refractivity contribution in [2.24, 2.45) is 0 Å². The summed E-state index contributed by atoms with van der Waals surface area (Å²) in [6.45, 7) is 0.769. The lowest BCUT2D eigenvalue weighted by Gasteiger charge is -2.13. The Labute approximate surface area is 157 Å². The molecule has 3 aromatic rings. The van der Waals surface area contributed by atoms with E-state index in [1.807, 2.05) is 54.7 Å². The second kappa shape index (κ2) is 8.75. The number of rotatable bonds is 7. The molecule has 27 heavy (non-hydrogen) atoms. The summed E-state index contributed by atoms with van der Waals surface area (Å²) in [5.41, 5.74) is 2.81. The number of ether oxygens (including phenoxy) is 2. The number of carbonyl (C=O) groups is 1. The molecule has 2 amide bonds. The molecular weight excluding hydrogens is 344 g/mol. The lowest BCUT2D eigenvalue weighted by molar-refractivity contribution is 0.240. The van der Waals surface area contributed by atoms with E-state index < -0.39 is 0 Å². The quantitative estimate of drug-likeness (QED) is 0.674. The van der Waals surface area contributed by atoms with Crippen LogP contribution in [0, 0.1) is 0 Å². The maximum atomic E-state index is 12.1. The molecule has 3 rings (SSSR count). The summed E-state index contributed by atoms with van der Waals surface area (Å²) < 4.78 is 12.4. The fourth-order valence-electron chi connectivity index (χ4n) is 2.70. The minimum Gasteiger partial charge on any atom is -0.493 e. The Balaban J connectivity index is 1.52. The van der Waals surface area contributed by atoms with E-state index in [0.29, 0.717) is 24.6 Å². The minimum absolute atomic E-state index is 0.254. The van der Waals surface area contributed by atoms with Crippen LogP contribution in [0.5, 0.6) is 11.5 Å². The summed E-state index contributed by atoms with van der Waals surface area (Å²) in [5, 5.41) is 9.86. The SMILES string of the molecule is COc1cccc(CNC(=O)NCc2ccc(-n3cccn3)cc2)c1OC. The van der Waals surface area contributed by atoms with Crippen LogP contribution < -0.4 is 20.1 Å². The average molecular weight is 366 g/mol. The number of aromatic nitrogens is 2. The first-order valence-corrected chi connectivity index (χ1v) is 8.52. The summed E-state index contributed by atoms with van der Waals surface area (Å²) in [4.78, 5) is 12.1. The van der Waals surface area contributed by atoms with Gasteiger partial charge in [0.15, 0.2) is 11.5 Å². The van der Waals surface area contributed by atoms with E-state index in [9.17, 15) is 4.79 Å².